The van der Waals surface area contributed by atoms with Crippen LogP contribution in [0.1, 0.15) is 12.5 Å². The van der Waals surface area contributed by atoms with Gasteiger partial charge in [0.05, 0.1) is 0 Å². The molecule has 1 aromatic carbocycles. The van der Waals surface area contributed by atoms with E-state index in [2.05, 4.69) is 29.4 Å². The molecule has 0 saturated carbocycles. The van der Waals surface area contributed by atoms with Crippen molar-refractivity contribution in [3.05, 3.63) is 53.2 Å². The Labute approximate surface area is 100 Å². The summed E-state index contributed by atoms with van der Waals surface area (Å²) in [6.45, 7) is 2.14. The number of anilines is 2. The molecular formula is C13H13ClN2. The van der Waals surface area contributed by atoms with Crippen LogP contribution in [0.5, 0.6) is 0 Å². The first-order valence-electron chi connectivity index (χ1n) is 5.26. The molecular weight excluding hydrogens is 220 g/mol. The molecule has 0 fully saturated rings. The molecule has 0 aliphatic carbocycles. The van der Waals surface area contributed by atoms with E-state index < -0.39 is 0 Å². The van der Waals surface area contributed by atoms with Crippen LogP contribution in [0.4, 0.5) is 11.5 Å². The summed E-state index contributed by atoms with van der Waals surface area (Å²) in [6.07, 6.45) is 1.03. The van der Waals surface area contributed by atoms with Crippen molar-refractivity contribution in [3.8, 4) is 0 Å². The first kappa shape index (κ1) is 11.0. The van der Waals surface area contributed by atoms with Gasteiger partial charge in [-0.15, -0.1) is 0 Å². The fraction of sp³-hybridized carbons (Fsp3) is 0.154. The number of nitrogens with one attached hydrogen (secondary N) is 1. The van der Waals surface area contributed by atoms with Gasteiger partial charge in [-0.3, -0.25) is 0 Å². The van der Waals surface area contributed by atoms with Gasteiger partial charge < -0.3 is 5.32 Å². The molecule has 82 valence electrons. The van der Waals surface area contributed by atoms with Crippen molar-refractivity contribution in [1.82, 2.24) is 4.98 Å². The van der Waals surface area contributed by atoms with Crippen LogP contribution in [0.3, 0.4) is 0 Å². The smallest absolute Gasteiger partial charge is 0.132 e. The van der Waals surface area contributed by atoms with Crippen LogP contribution in [-0.4, -0.2) is 4.98 Å². The van der Waals surface area contributed by atoms with E-state index in [4.69, 9.17) is 11.6 Å². The Morgan fingerprint density at radius 1 is 1.19 bits per heavy atom. The number of pyridine rings is 1. The third kappa shape index (κ3) is 2.74. The van der Waals surface area contributed by atoms with Gasteiger partial charge in [0.15, 0.2) is 0 Å². The number of hydrogen-bond acceptors (Lipinski definition) is 2. The average molecular weight is 233 g/mol. The topological polar surface area (TPSA) is 24.9 Å². The third-order valence-electron chi connectivity index (χ3n) is 2.32. The second kappa shape index (κ2) is 4.99. The van der Waals surface area contributed by atoms with Crippen LogP contribution in [0.2, 0.25) is 5.15 Å². The largest absolute Gasteiger partial charge is 0.340 e. The van der Waals surface area contributed by atoms with Gasteiger partial charge >= 0.3 is 0 Å². The van der Waals surface area contributed by atoms with Crippen LogP contribution >= 0.6 is 11.6 Å². The van der Waals surface area contributed by atoms with E-state index in [0.29, 0.717) is 5.15 Å². The van der Waals surface area contributed by atoms with Crippen LogP contribution in [-0.2, 0) is 6.42 Å². The molecule has 0 spiro atoms. The van der Waals surface area contributed by atoms with Crippen LogP contribution in [0.25, 0.3) is 0 Å². The van der Waals surface area contributed by atoms with Gasteiger partial charge in [0.25, 0.3) is 0 Å². The molecule has 3 heteroatoms. The lowest BCUT2D eigenvalue weighted by Gasteiger charge is -2.06. The van der Waals surface area contributed by atoms with E-state index in [1.807, 2.05) is 24.3 Å². The Balaban J connectivity index is 2.20. The summed E-state index contributed by atoms with van der Waals surface area (Å²) >= 11 is 5.82. The van der Waals surface area contributed by atoms with Gasteiger partial charge in [0, 0.05) is 5.69 Å². The first-order chi connectivity index (χ1) is 7.78. The molecule has 0 aliphatic rings. The van der Waals surface area contributed by atoms with E-state index in [0.717, 1.165) is 17.9 Å². The zero-order valence-electron chi connectivity index (χ0n) is 9.07. The first-order valence-corrected chi connectivity index (χ1v) is 5.64. The molecule has 1 N–H and O–H groups in total. The van der Waals surface area contributed by atoms with E-state index in [-0.39, 0.29) is 0 Å². The minimum atomic E-state index is 0.497. The van der Waals surface area contributed by atoms with E-state index in [9.17, 15) is 0 Å². The number of rotatable bonds is 3. The van der Waals surface area contributed by atoms with Crippen molar-refractivity contribution in [2.45, 2.75) is 13.3 Å². The van der Waals surface area contributed by atoms with E-state index >= 15 is 0 Å². The molecule has 0 saturated heterocycles. The molecule has 0 aliphatic heterocycles. The van der Waals surface area contributed by atoms with E-state index in [1.54, 1.807) is 6.07 Å². The molecule has 2 nitrogen and oxygen atoms in total. The van der Waals surface area contributed by atoms with Crippen molar-refractivity contribution in [2.75, 3.05) is 5.32 Å². The van der Waals surface area contributed by atoms with Gasteiger partial charge in [-0.05, 0) is 36.2 Å². The zero-order valence-corrected chi connectivity index (χ0v) is 9.83. The average Bonchev–Trinajstić information content (AvgIpc) is 2.29. The van der Waals surface area contributed by atoms with Gasteiger partial charge in [-0.1, -0.05) is 36.7 Å². The van der Waals surface area contributed by atoms with Crippen molar-refractivity contribution in [2.24, 2.45) is 0 Å². The monoisotopic (exact) mass is 232 g/mol. The number of aromatic nitrogens is 1. The fourth-order valence-corrected chi connectivity index (χ4v) is 1.66. The Kier molecular flexibility index (Phi) is 3.42. The Bertz CT molecular complexity index is 483. The molecule has 0 radical (unpaired) electrons. The van der Waals surface area contributed by atoms with Crippen molar-refractivity contribution in [1.29, 1.82) is 0 Å². The Hall–Kier alpha value is -1.54. The highest BCUT2D eigenvalue weighted by Gasteiger charge is 1.97. The van der Waals surface area contributed by atoms with Crippen LogP contribution in [0.15, 0.2) is 42.5 Å². The van der Waals surface area contributed by atoms with Crippen LogP contribution in [0, 0.1) is 0 Å². The van der Waals surface area contributed by atoms with Gasteiger partial charge in [0.1, 0.15) is 11.0 Å². The predicted octanol–water partition coefficient (Wildman–Crippen LogP) is 4.04. The van der Waals surface area contributed by atoms with Crippen LogP contribution < -0.4 is 5.32 Å². The van der Waals surface area contributed by atoms with Crippen molar-refractivity contribution in [3.63, 3.8) is 0 Å². The lowest BCUT2D eigenvalue weighted by molar-refractivity contribution is 1.14. The lowest BCUT2D eigenvalue weighted by Crippen LogP contribution is -1.93. The molecule has 1 aromatic heterocycles. The highest BCUT2D eigenvalue weighted by Crippen LogP contribution is 2.17. The standard InChI is InChI=1S/C13H13ClN2/c1-2-10-5-3-6-11(9-10)15-13-8-4-7-12(14)16-13/h3-9H,2H2,1H3,(H,15,16). The van der Waals surface area contributed by atoms with Gasteiger partial charge in [-0.25, -0.2) is 4.98 Å². The Morgan fingerprint density at radius 3 is 2.75 bits per heavy atom. The molecule has 0 bridgehead atoms. The lowest BCUT2D eigenvalue weighted by atomic mass is 10.1. The molecule has 2 rings (SSSR count). The number of halogens is 1. The molecule has 2 aromatic rings. The highest BCUT2D eigenvalue weighted by molar-refractivity contribution is 6.29. The molecule has 0 unspecified atom stereocenters. The minimum absolute atomic E-state index is 0.497. The number of nitrogens with zero attached hydrogens (tertiary/aromatic N) is 1. The zero-order chi connectivity index (χ0) is 11.4. The number of benzene rings is 1. The molecule has 0 amide bonds. The summed E-state index contributed by atoms with van der Waals surface area (Å²) in [5, 5.41) is 3.72. The summed E-state index contributed by atoms with van der Waals surface area (Å²) < 4.78 is 0. The second-order valence-corrected chi connectivity index (χ2v) is 3.91. The molecule has 1 heterocycles. The summed E-state index contributed by atoms with van der Waals surface area (Å²) in [5.74, 6) is 0.765. The summed E-state index contributed by atoms with van der Waals surface area (Å²) in [7, 11) is 0. The maximum Gasteiger partial charge on any atom is 0.132 e. The maximum atomic E-state index is 5.82. The van der Waals surface area contributed by atoms with Gasteiger partial charge in [-0.2, -0.15) is 0 Å². The van der Waals surface area contributed by atoms with E-state index in [1.165, 1.54) is 5.56 Å². The predicted molar refractivity (Wildman–Crippen MR) is 68.3 cm³/mol. The minimum Gasteiger partial charge on any atom is -0.340 e. The summed E-state index contributed by atoms with van der Waals surface area (Å²) in [4.78, 5) is 4.18. The van der Waals surface area contributed by atoms with Crippen molar-refractivity contribution >= 4 is 23.1 Å². The van der Waals surface area contributed by atoms with Gasteiger partial charge in [0.2, 0.25) is 0 Å². The quantitative estimate of drug-likeness (QED) is 0.808. The number of hydrogen-bond donors (Lipinski definition) is 1. The summed E-state index contributed by atoms with van der Waals surface area (Å²) in [5.41, 5.74) is 2.33. The highest BCUT2D eigenvalue weighted by atomic mass is 35.5. The maximum absolute atomic E-state index is 5.82. The second-order valence-electron chi connectivity index (χ2n) is 3.52. The molecule has 0 atom stereocenters. The number of aryl methyl sites for hydroxylation is 1. The Morgan fingerprint density at radius 2 is 2.00 bits per heavy atom. The molecule has 16 heavy (non-hydrogen) atoms. The third-order valence-corrected chi connectivity index (χ3v) is 2.53. The SMILES string of the molecule is CCc1cccc(Nc2cccc(Cl)n2)c1. The fourth-order valence-electron chi connectivity index (χ4n) is 1.49. The normalized spacial score (nSPS) is 10.1. The van der Waals surface area contributed by atoms with Crippen molar-refractivity contribution < 1.29 is 0 Å². The summed E-state index contributed by atoms with van der Waals surface area (Å²) in [6, 6.07) is 13.8.